The molecule has 1 fully saturated rings. The predicted octanol–water partition coefficient (Wildman–Crippen LogP) is 4.77. The molecule has 3 rings (SSSR count). The van der Waals surface area contributed by atoms with Crippen LogP contribution in [0.1, 0.15) is 24.5 Å². The second kappa shape index (κ2) is 11.1. The van der Waals surface area contributed by atoms with Gasteiger partial charge in [0.25, 0.3) is 5.69 Å². The number of alkyl halides is 3. The van der Waals surface area contributed by atoms with Gasteiger partial charge in [-0.3, -0.25) is 14.9 Å². The molecule has 8 nitrogen and oxygen atoms in total. The summed E-state index contributed by atoms with van der Waals surface area (Å²) in [5, 5.41) is 11.4. The van der Waals surface area contributed by atoms with Crippen LogP contribution in [-0.4, -0.2) is 55.6 Å². The number of benzene rings is 2. The van der Waals surface area contributed by atoms with Crippen molar-refractivity contribution in [2.45, 2.75) is 19.5 Å². The van der Waals surface area contributed by atoms with Crippen LogP contribution in [0.2, 0.25) is 0 Å². The number of nitro benzene ring substituents is 1. The average molecular weight is 493 g/mol. The molecule has 0 bridgehead atoms. The number of hydrogen-bond acceptors (Lipinski definition) is 6. The van der Waals surface area contributed by atoms with Crippen molar-refractivity contribution in [3.63, 3.8) is 0 Å². The Hall–Kier alpha value is -3.76. The Bertz CT molecular complexity index is 1100. The number of hydrogen-bond donors (Lipinski definition) is 0. The highest BCUT2D eigenvalue weighted by Crippen LogP contribution is 2.37. The van der Waals surface area contributed by atoms with Crippen molar-refractivity contribution in [3.8, 4) is 11.5 Å². The zero-order valence-corrected chi connectivity index (χ0v) is 19.4. The first-order valence-electron chi connectivity index (χ1n) is 11.0. The lowest BCUT2D eigenvalue weighted by Gasteiger charge is -2.35. The minimum atomic E-state index is -4.67. The molecule has 0 unspecified atom stereocenters. The van der Waals surface area contributed by atoms with Crippen molar-refractivity contribution in [1.82, 2.24) is 4.90 Å². The van der Waals surface area contributed by atoms with Crippen molar-refractivity contribution in [1.29, 1.82) is 0 Å². The monoisotopic (exact) mass is 493 g/mol. The van der Waals surface area contributed by atoms with Crippen LogP contribution in [0.4, 0.5) is 24.5 Å². The van der Waals surface area contributed by atoms with E-state index < -0.39 is 22.4 Å². The second-order valence-corrected chi connectivity index (χ2v) is 7.86. The fraction of sp³-hybridized carbons (Fsp3) is 0.375. The van der Waals surface area contributed by atoms with E-state index in [0.717, 1.165) is 24.1 Å². The Morgan fingerprint density at radius 3 is 2.43 bits per heavy atom. The summed E-state index contributed by atoms with van der Waals surface area (Å²) in [4.78, 5) is 26.4. The molecule has 2 aromatic carbocycles. The molecule has 35 heavy (non-hydrogen) atoms. The Labute approximate surface area is 200 Å². The van der Waals surface area contributed by atoms with Crippen LogP contribution in [0.15, 0.2) is 42.5 Å². The van der Waals surface area contributed by atoms with Crippen molar-refractivity contribution in [2.24, 2.45) is 0 Å². The Kier molecular flexibility index (Phi) is 8.21. The summed E-state index contributed by atoms with van der Waals surface area (Å²) in [7, 11) is 1.53. The van der Waals surface area contributed by atoms with Crippen LogP contribution in [0.3, 0.4) is 0 Å². The number of anilines is 1. The number of amides is 1. The molecule has 1 saturated heterocycles. The number of piperazine rings is 1. The minimum Gasteiger partial charge on any atom is -0.493 e. The van der Waals surface area contributed by atoms with E-state index in [-0.39, 0.29) is 37.8 Å². The number of methoxy groups -OCH3 is 1. The molecule has 1 amide bonds. The predicted molar refractivity (Wildman–Crippen MR) is 125 cm³/mol. The van der Waals surface area contributed by atoms with E-state index in [0.29, 0.717) is 24.2 Å². The maximum Gasteiger partial charge on any atom is 0.416 e. The zero-order valence-electron chi connectivity index (χ0n) is 19.4. The fourth-order valence-electron chi connectivity index (χ4n) is 3.67. The third kappa shape index (κ3) is 6.43. The third-order valence-electron chi connectivity index (χ3n) is 5.50. The summed E-state index contributed by atoms with van der Waals surface area (Å²) in [5.74, 6) is 0.933. The van der Waals surface area contributed by atoms with Gasteiger partial charge < -0.3 is 19.3 Å². The lowest BCUT2D eigenvalue weighted by molar-refractivity contribution is -0.384. The molecule has 0 atom stereocenters. The summed E-state index contributed by atoms with van der Waals surface area (Å²) in [6.45, 7) is 3.61. The smallest absolute Gasteiger partial charge is 0.416 e. The highest BCUT2D eigenvalue weighted by atomic mass is 19.4. The molecular weight excluding hydrogens is 467 g/mol. The third-order valence-corrected chi connectivity index (χ3v) is 5.50. The summed E-state index contributed by atoms with van der Waals surface area (Å²) in [6.07, 6.45) is -0.731. The SMILES string of the molecule is CCCOc1ccc(/C=C/C(=O)N2CCN(c3ccc(C(F)(F)F)cc3[N+](=O)[O-])CC2)cc1OC. The normalized spacial score (nSPS) is 14.3. The molecule has 0 saturated carbocycles. The van der Waals surface area contributed by atoms with Crippen LogP contribution < -0.4 is 14.4 Å². The average Bonchev–Trinajstić information content (AvgIpc) is 2.85. The van der Waals surface area contributed by atoms with Crippen molar-refractivity contribution >= 4 is 23.4 Å². The van der Waals surface area contributed by atoms with E-state index in [1.165, 1.54) is 13.2 Å². The van der Waals surface area contributed by atoms with E-state index in [1.54, 1.807) is 34.1 Å². The van der Waals surface area contributed by atoms with Gasteiger partial charge in [-0.2, -0.15) is 13.2 Å². The van der Waals surface area contributed by atoms with Gasteiger partial charge in [0.2, 0.25) is 5.91 Å². The molecule has 0 radical (unpaired) electrons. The second-order valence-electron chi connectivity index (χ2n) is 7.86. The molecule has 0 spiro atoms. The number of halogens is 3. The standard InChI is InChI=1S/C24H26F3N3O5/c1-3-14-35-21-8-4-17(15-22(21)34-2)5-9-23(31)29-12-10-28(11-13-29)19-7-6-18(24(25,26)27)16-20(19)30(32)33/h4-9,15-16H,3,10-14H2,1-2H3/b9-5+. The maximum atomic E-state index is 13.0. The summed E-state index contributed by atoms with van der Waals surface area (Å²) in [6, 6.07) is 7.82. The Balaban J connectivity index is 1.64. The number of nitro groups is 1. The van der Waals surface area contributed by atoms with Crippen LogP contribution in [0.5, 0.6) is 11.5 Å². The lowest BCUT2D eigenvalue weighted by Crippen LogP contribution is -2.48. The van der Waals surface area contributed by atoms with E-state index in [2.05, 4.69) is 0 Å². The maximum absolute atomic E-state index is 13.0. The first-order valence-corrected chi connectivity index (χ1v) is 11.0. The van der Waals surface area contributed by atoms with Crippen LogP contribution in [0.25, 0.3) is 6.08 Å². The number of carbonyl (C=O) groups excluding carboxylic acids is 1. The molecule has 0 aliphatic carbocycles. The molecule has 1 aliphatic rings. The first kappa shape index (κ1) is 25.9. The zero-order chi connectivity index (χ0) is 25.6. The van der Waals surface area contributed by atoms with Gasteiger partial charge >= 0.3 is 6.18 Å². The van der Waals surface area contributed by atoms with Gasteiger partial charge in [0.1, 0.15) is 5.69 Å². The summed E-state index contributed by atoms with van der Waals surface area (Å²) in [5.41, 5.74) is -0.838. The van der Waals surface area contributed by atoms with Crippen molar-refractivity contribution in [2.75, 3.05) is 44.8 Å². The Morgan fingerprint density at radius 1 is 1.11 bits per heavy atom. The number of ether oxygens (including phenoxy) is 2. The van der Waals surface area contributed by atoms with E-state index in [1.807, 2.05) is 6.92 Å². The molecule has 1 heterocycles. The molecule has 0 aromatic heterocycles. The molecule has 188 valence electrons. The van der Waals surface area contributed by atoms with E-state index in [9.17, 15) is 28.1 Å². The van der Waals surface area contributed by atoms with Gasteiger partial charge in [0, 0.05) is 38.3 Å². The minimum absolute atomic E-state index is 0.100. The Morgan fingerprint density at radius 2 is 1.83 bits per heavy atom. The topological polar surface area (TPSA) is 85.2 Å². The highest BCUT2D eigenvalue weighted by Gasteiger charge is 2.34. The van der Waals surface area contributed by atoms with Gasteiger partial charge in [0.15, 0.2) is 11.5 Å². The molecule has 0 N–H and O–H groups in total. The molecule has 1 aliphatic heterocycles. The van der Waals surface area contributed by atoms with E-state index in [4.69, 9.17) is 9.47 Å². The largest absolute Gasteiger partial charge is 0.493 e. The number of nitrogens with zero attached hydrogens (tertiary/aromatic N) is 3. The molecule has 2 aromatic rings. The highest BCUT2D eigenvalue weighted by molar-refractivity contribution is 5.92. The quantitative estimate of drug-likeness (QED) is 0.299. The van der Waals surface area contributed by atoms with Gasteiger partial charge in [0.05, 0.1) is 24.2 Å². The van der Waals surface area contributed by atoms with Crippen LogP contribution in [0, 0.1) is 10.1 Å². The summed E-state index contributed by atoms with van der Waals surface area (Å²) < 4.78 is 49.8. The first-order chi connectivity index (χ1) is 16.6. The number of rotatable bonds is 8. The lowest BCUT2D eigenvalue weighted by atomic mass is 10.1. The summed E-state index contributed by atoms with van der Waals surface area (Å²) >= 11 is 0. The van der Waals surface area contributed by atoms with Gasteiger partial charge in [-0.05, 0) is 42.3 Å². The molecule has 11 heteroatoms. The van der Waals surface area contributed by atoms with Crippen LogP contribution in [-0.2, 0) is 11.0 Å². The fourth-order valence-corrected chi connectivity index (χ4v) is 3.67. The van der Waals surface area contributed by atoms with Gasteiger partial charge in [-0.1, -0.05) is 13.0 Å². The van der Waals surface area contributed by atoms with E-state index >= 15 is 0 Å². The van der Waals surface area contributed by atoms with Crippen molar-refractivity contribution in [3.05, 3.63) is 63.7 Å². The van der Waals surface area contributed by atoms with Crippen molar-refractivity contribution < 1.29 is 32.4 Å². The number of carbonyl (C=O) groups is 1. The van der Waals surface area contributed by atoms with Gasteiger partial charge in [-0.25, -0.2) is 0 Å². The van der Waals surface area contributed by atoms with Gasteiger partial charge in [-0.15, -0.1) is 0 Å². The van der Waals surface area contributed by atoms with Crippen LogP contribution >= 0.6 is 0 Å². The molecular formula is C24H26F3N3O5.